The maximum atomic E-state index is 11.1. The second-order valence-electron chi connectivity index (χ2n) is 4.00. The van der Waals surface area contributed by atoms with Crippen LogP contribution >= 0.6 is 23.2 Å². The molecule has 0 fully saturated rings. The van der Waals surface area contributed by atoms with E-state index >= 15 is 0 Å². The van der Waals surface area contributed by atoms with Crippen molar-refractivity contribution in [1.29, 1.82) is 0 Å². The summed E-state index contributed by atoms with van der Waals surface area (Å²) in [6, 6.07) is 8.83. The zero-order valence-electron chi connectivity index (χ0n) is 10.4. The summed E-state index contributed by atoms with van der Waals surface area (Å²) in [5, 5.41) is 7.60. The number of nitrogens with two attached hydrogens (primary N) is 1. The van der Waals surface area contributed by atoms with Gasteiger partial charge < -0.3 is 5.73 Å². The largest absolute Gasteiger partial charge is 0.399 e. The van der Waals surface area contributed by atoms with E-state index in [1.165, 1.54) is 6.07 Å². The molecule has 2 rings (SSSR count). The van der Waals surface area contributed by atoms with Gasteiger partial charge in [-0.25, -0.2) is 0 Å². The normalized spacial score (nSPS) is 12.0. The van der Waals surface area contributed by atoms with E-state index in [2.05, 4.69) is 10.2 Å². The summed E-state index contributed by atoms with van der Waals surface area (Å²) in [5.41, 5.74) is 6.84. The molecule has 9 heteroatoms. The fourth-order valence-corrected chi connectivity index (χ4v) is 2.73. The molecule has 0 saturated carbocycles. The summed E-state index contributed by atoms with van der Waals surface area (Å²) in [4.78, 5) is -0.486. The molecule has 110 valence electrons. The van der Waals surface area contributed by atoms with Gasteiger partial charge in [0.05, 0.1) is 15.7 Å². The highest BCUT2D eigenvalue weighted by atomic mass is 35.5. The Kier molecular flexibility index (Phi) is 4.48. The lowest BCUT2D eigenvalue weighted by atomic mass is 10.3. The van der Waals surface area contributed by atoms with Crippen LogP contribution in [0.2, 0.25) is 10.0 Å². The van der Waals surface area contributed by atoms with E-state index in [9.17, 15) is 8.42 Å². The van der Waals surface area contributed by atoms with Crippen molar-refractivity contribution < 1.29 is 13.0 Å². The van der Waals surface area contributed by atoms with Gasteiger partial charge in [-0.3, -0.25) is 4.55 Å². The van der Waals surface area contributed by atoms with Crippen LogP contribution in [0.5, 0.6) is 0 Å². The van der Waals surface area contributed by atoms with Crippen LogP contribution in [0.25, 0.3) is 0 Å². The van der Waals surface area contributed by atoms with E-state index in [1.54, 1.807) is 24.3 Å². The smallest absolute Gasteiger partial charge is 0.296 e. The van der Waals surface area contributed by atoms with E-state index in [0.29, 0.717) is 11.4 Å². The van der Waals surface area contributed by atoms with Gasteiger partial charge >= 0.3 is 0 Å². The number of hydrogen-bond donors (Lipinski definition) is 2. The van der Waals surface area contributed by atoms with Crippen molar-refractivity contribution in [3.05, 3.63) is 46.4 Å². The molecule has 6 nitrogen and oxygen atoms in total. The molecule has 0 heterocycles. The predicted octanol–water partition coefficient (Wildman–Crippen LogP) is 4.24. The zero-order chi connectivity index (χ0) is 15.6. The molecule has 21 heavy (non-hydrogen) atoms. The first-order chi connectivity index (χ1) is 9.77. The van der Waals surface area contributed by atoms with Gasteiger partial charge in [0.1, 0.15) is 10.6 Å². The van der Waals surface area contributed by atoms with E-state index < -0.39 is 15.0 Å². The Bertz CT molecular complexity index is 805. The molecule has 0 bridgehead atoms. The van der Waals surface area contributed by atoms with Crippen LogP contribution in [0.1, 0.15) is 0 Å². The third-order valence-corrected chi connectivity index (χ3v) is 4.07. The Labute approximate surface area is 131 Å². The Morgan fingerprint density at radius 1 is 1.00 bits per heavy atom. The van der Waals surface area contributed by atoms with Crippen LogP contribution in [-0.4, -0.2) is 13.0 Å². The van der Waals surface area contributed by atoms with Crippen molar-refractivity contribution in [2.75, 3.05) is 5.73 Å². The topological polar surface area (TPSA) is 105 Å². The average molecular weight is 346 g/mol. The van der Waals surface area contributed by atoms with Gasteiger partial charge in [0.15, 0.2) is 0 Å². The summed E-state index contributed by atoms with van der Waals surface area (Å²) in [6.45, 7) is 0. The minimum Gasteiger partial charge on any atom is -0.399 e. The van der Waals surface area contributed by atoms with Crippen molar-refractivity contribution in [2.24, 2.45) is 10.2 Å². The molecule has 2 aromatic carbocycles. The quantitative estimate of drug-likeness (QED) is 0.493. The van der Waals surface area contributed by atoms with Gasteiger partial charge in [-0.05, 0) is 36.4 Å². The van der Waals surface area contributed by atoms with E-state index in [1.807, 2.05) is 0 Å². The third-order valence-electron chi connectivity index (χ3n) is 2.45. The number of benzene rings is 2. The number of azo groups is 1. The maximum Gasteiger partial charge on any atom is 0.296 e. The minimum absolute atomic E-state index is 0.00813. The number of halogens is 2. The molecule has 0 aliphatic carbocycles. The van der Waals surface area contributed by atoms with Crippen LogP contribution < -0.4 is 5.73 Å². The Balaban J connectivity index is 2.37. The van der Waals surface area contributed by atoms with Crippen molar-refractivity contribution in [2.45, 2.75) is 4.90 Å². The first-order valence-electron chi connectivity index (χ1n) is 5.51. The number of rotatable bonds is 3. The molecular formula is C12H9Cl2N3O3S. The molecule has 0 atom stereocenters. The van der Waals surface area contributed by atoms with E-state index in [0.717, 1.165) is 6.07 Å². The second-order valence-corrected chi connectivity index (χ2v) is 6.20. The van der Waals surface area contributed by atoms with Gasteiger partial charge in [-0.1, -0.05) is 23.2 Å². The highest BCUT2D eigenvalue weighted by molar-refractivity contribution is 7.86. The predicted molar refractivity (Wildman–Crippen MR) is 81.3 cm³/mol. The molecule has 0 aliphatic heterocycles. The summed E-state index contributed by atoms with van der Waals surface area (Å²) in [6.07, 6.45) is 0. The third kappa shape index (κ3) is 3.92. The molecule has 0 unspecified atom stereocenters. The zero-order valence-corrected chi connectivity index (χ0v) is 12.7. The van der Waals surface area contributed by atoms with Gasteiger partial charge in [-0.15, -0.1) is 5.11 Å². The van der Waals surface area contributed by atoms with Crippen LogP contribution in [0.3, 0.4) is 0 Å². The number of hydrogen-bond acceptors (Lipinski definition) is 5. The lowest BCUT2D eigenvalue weighted by Crippen LogP contribution is -1.98. The van der Waals surface area contributed by atoms with Crippen LogP contribution in [0.15, 0.2) is 51.5 Å². The van der Waals surface area contributed by atoms with Gasteiger partial charge in [0, 0.05) is 5.69 Å². The number of nitrogen functional groups attached to an aromatic ring is 1. The van der Waals surface area contributed by atoms with Crippen LogP contribution in [0.4, 0.5) is 17.1 Å². The van der Waals surface area contributed by atoms with Crippen molar-refractivity contribution in [3.63, 3.8) is 0 Å². The monoisotopic (exact) mass is 345 g/mol. The average Bonchev–Trinajstić information content (AvgIpc) is 2.40. The lowest BCUT2D eigenvalue weighted by molar-refractivity contribution is 0.483. The SMILES string of the molecule is Nc1ccc(N=Nc2cc(Cl)c(S(=O)(=O)O)cc2Cl)cc1. The Morgan fingerprint density at radius 2 is 1.62 bits per heavy atom. The Hall–Kier alpha value is -1.67. The summed E-state index contributed by atoms with van der Waals surface area (Å²) >= 11 is 11.7. The minimum atomic E-state index is -4.45. The highest BCUT2D eigenvalue weighted by Crippen LogP contribution is 2.34. The molecule has 3 N–H and O–H groups in total. The number of anilines is 1. The second kappa shape index (κ2) is 5.98. The van der Waals surface area contributed by atoms with Crippen LogP contribution in [-0.2, 0) is 10.1 Å². The maximum absolute atomic E-state index is 11.1. The van der Waals surface area contributed by atoms with Crippen LogP contribution in [0, 0.1) is 0 Å². The summed E-state index contributed by atoms with van der Waals surface area (Å²) < 4.78 is 31.1. The van der Waals surface area contributed by atoms with Crippen molar-refractivity contribution in [1.82, 2.24) is 0 Å². The molecular weight excluding hydrogens is 337 g/mol. The lowest BCUT2D eigenvalue weighted by Gasteiger charge is -2.03. The van der Waals surface area contributed by atoms with Gasteiger partial charge in [0.25, 0.3) is 10.1 Å². The van der Waals surface area contributed by atoms with Crippen molar-refractivity contribution >= 4 is 50.4 Å². The number of nitrogens with zero attached hydrogens (tertiary/aromatic N) is 2. The highest BCUT2D eigenvalue weighted by Gasteiger charge is 2.17. The first kappa shape index (κ1) is 15.7. The van der Waals surface area contributed by atoms with Gasteiger partial charge in [-0.2, -0.15) is 13.5 Å². The fraction of sp³-hybridized carbons (Fsp3) is 0. The first-order valence-corrected chi connectivity index (χ1v) is 7.71. The molecule has 0 saturated heterocycles. The molecule has 0 amide bonds. The summed E-state index contributed by atoms with van der Waals surface area (Å²) in [5.74, 6) is 0. The van der Waals surface area contributed by atoms with Crippen molar-refractivity contribution in [3.8, 4) is 0 Å². The molecule has 0 aliphatic rings. The summed E-state index contributed by atoms with van der Waals surface area (Å²) in [7, 11) is -4.45. The molecule has 0 spiro atoms. The van der Waals surface area contributed by atoms with E-state index in [4.69, 9.17) is 33.5 Å². The fourth-order valence-electron chi connectivity index (χ4n) is 1.44. The molecule has 0 radical (unpaired) electrons. The molecule has 2 aromatic rings. The Morgan fingerprint density at radius 3 is 2.19 bits per heavy atom. The standard InChI is InChI=1S/C12H9Cl2N3O3S/c13-9-6-12(21(18,19)20)10(14)5-11(9)17-16-8-3-1-7(15)2-4-8/h1-6H,15H2,(H,18,19,20). The van der Waals surface area contributed by atoms with E-state index in [-0.39, 0.29) is 15.7 Å². The van der Waals surface area contributed by atoms with Gasteiger partial charge in [0.2, 0.25) is 0 Å². The molecule has 0 aromatic heterocycles.